The number of non-ortho nitro benzene ring substituents is 1. The number of nitrogens with zero attached hydrogens (tertiary/aromatic N) is 3. The molecule has 3 aromatic rings. The van der Waals surface area contributed by atoms with Gasteiger partial charge in [0.1, 0.15) is 5.75 Å². The van der Waals surface area contributed by atoms with Gasteiger partial charge < -0.3 is 9.47 Å². The summed E-state index contributed by atoms with van der Waals surface area (Å²) in [6.07, 6.45) is 1.43. The highest BCUT2D eigenvalue weighted by atomic mass is 32.2. The van der Waals surface area contributed by atoms with E-state index >= 15 is 0 Å². The van der Waals surface area contributed by atoms with Gasteiger partial charge in [-0.3, -0.25) is 14.9 Å². The van der Waals surface area contributed by atoms with Gasteiger partial charge in [-0.2, -0.15) is 9.57 Å². The van der Waals surface area contributed by atoms with Gasteiger partial charge in [0.2, 0.25) is 10.0 Å². The Kier molecular flexibility index (Phi) is 7.77. The Labute approximate surface area is 232 Å². The van der Waals surface area contributed by atoms with E-state index in [0.29, 0.717) is 16.9 Å². The molecule has 4 rings (SSSR count). The van der Waals surface area contributed by atoms with Crippen LogP contribution >= 0.6 is 0 Å². The van der Waals surface area contributed by atoms with Crippen molar-refractivity contribution in [1.29, 1.82) is 5.26 Å². The van der Waals surface area contributed by atoms with E-state index in [1.54, 1.807) is 61.5 Å². The second-order valence-electron chi connectivity index (χ2n) is 9.16. The molecule has 0 unspecified atom stereocenters. The first-order valence-corrected chi connectivity index (χ1v) is 13.7. The van der Waals surface area contributed by atoms with E-state index < -0.39 is 37.8 Å². The highest BCUT2D eigenvalue weighted by molar-refractivity contribution is 7.89. The number of nitro benzene ring substituents is 1. The van der Waals surface area contributed by atoms with Crippen molar-refractivity contribution < 1.29 is 27.6 Å². The van der Waals surface area contributed by atoms with Crippen LogP contribution in [-0.4, -0.2) is 43.9 Å². The van der Waals surface area contributed by atoms with Crippen molar-refractivity contribution in [1.82, 2.24) is 4.31 Å². The van der Waals surface area contributed by atoms with Crippen molar-refractivity contribution in [2.75, 3.05) is 20.3 Å². The molecule has 3 atom stereocenters. The maximum absolute atomic E-state index is 14.3. The third kappa shape index (κ3) is 4.31. The Bertz CT molecular complexity index is 1570. The molecular weight excluding hydrogens is 534 g/mol. The first-order valence-electron chi connectivity index (χ1n) is 12.3. The number of esters is 1. The van der Waals surface area contributed by atoms with Gasteiger partial charge in [-0.15, -0.1) is 6.58 Å². The van der Waals surface area contributed by atoms with Gasteiger partial charge in [0, 0.05) is 18.7 Å². The van der Waals surface area contributed by atoms with E-state index in [1.165, 1.54) is 13.2 Å². The lowest BCUT2D eigenvalue weighted by atomic mass is 9.59. The van der Waals surface area contributed by atoms with Crippen molar-refractivity contribution in [3.8, 4) is 11.8 Å². The van der Waals surface area contributed by atoms with E-state index in [1.807, 2.05) is 0 Å². The Morgan fingerprint density at radius 2 is 1.77 bits per heavy atom. The van der Waals surface area contributed by atoms with Crippen LogP contribution in [0.2, 0.25) is 0 Å². The molecule has 10 nitrogen and oxygen atoms in total. The molecule has 3 aromatic carbocycles. The predicted molar refractivity (Wildman–Crippen MR) is 146 cm³/mol. The molecule has 1 saturated heterocycles. The number of carbonyl (C=O) groups is 1. The minimum absolute atomic E-state index is 0.0469. The summed E-state index contributed by atoms with van der Waals surface area (Å²) < 4.78 is 40.4. The van der Waals surface area contributed by atoms with E-state index in [4.69, 9.17) is 9.47 Å². The van der Waals surface area contributed by atoms with Crippen molar-refractivity contribution in [2.45, 2.75) is 23.3 Å². The van der Waals surface area contributed by atoms with Gasteiger partial charge in [-0.25, -0.2) is 8.42 Å². The summed E-state index contributed by atoms with van der Waals surface area (Å²) in [5.74, 6) is -0.377. The zero-order valence-electron chi connectivity index (χ0n) is 21.9. The molecule has 1 aliphatic rings. The van der Waals surface area contributed by atoms with Gasteiger partial charge in [0.05, 0.1) is 41.1 Å². The van der Waals surface area contributed by atoms with Gasteiger partial charge >= 0.3 is 5.97 Å². The number of nitro groups is 1. The molecule has 0 amide bonds. The summed E-state index contributed by atoms with van der Waals surface area (Å²) in [6, 6.07) is 20.3. The largest absolute Gasteiger partial charge is 0.497 e. The van der Waals surface area contributed by atoms with Crippen molar-refractivity contribution in [3.05, 3.63) is 113 Å². The van der Waals surface area contributed by atoms with Crippen LogP contribution in [0.15, 0.2) is 96.4 Å². The topological polar surface area (TPSA) is 140 Å². The fourth-order valence-electron chi connectivity index (χ4n) is 5.37. The molecule has 1 aliphatic heterocycles. The number of ether oxygens (including phenoxy) is 2. The average Bonchev–Trinajstić information content (AvgIpc) is 3.31. The van der Waals surface area contributed by atoms with Crippen LogP contribution in [0.4, 0.5) is 5.69 Å². The average molecular weight is 562 g/mol. The van der Waals surface area contributed by atoms with E-state index in [-0.39, 0.29) is 23.7 Å². The van der Waals surface area contributed by atoms with Crippen LogP contribution in [-0.2, 0) is 25.0 Å². The summed E-state index contributed by atoms with van der Waals surface area (Å²) >= 11 is 0. The zero-order valence-corrected chi connectivity index (χ0v) is 22.7. The molecule has 206 valence electrons. The standard InChI is InChI=1S/C29H27N3O7S/c1-4-28(22-11-15-24(38-3)16-12-22)20-31(40(36,37)25-17-13-23(14-18-25)32(34)35)26(21-9-7-6-8-10-21)29(28,19-30)27(33)39-5-2/h4,6-18,26H,1,5,20H2,2-3H3/t26-,28+,29+/m0/s1. The summed E-state index contributed by atoms with van der Waals surface area (Å²) in [6.45, 7) is 5.20. The number of carbonyl (C=O) groups excluding carboxylic acids is 1. The van der Waals surface area contributed by atoms with Crippen LogP contribution in [0, 0.1) is 26.9 Å². The molecule has 0 aliphatic carbocycles. The minimum Gasteiger partial charge on any atom is -0.497 e. The van der Waals surface area contributed by atoms with E-state index in [2.05, 4.69) is 12.6 Å². The third-order valence-electron chi connectivity index (χ3n) is 7.30. The van der Waals surface area contributed by atoms with Crippen LogP contribution in [0.25, 0.3) is 0 Å². The number of nitriles is 1. The molecule has 0 aromatic heterocycles. The molecule has 0 radical (unpaired) electrons. The van der Waals surface area contributed by atoms with Gasteiger partial charge in [-0.05, 0) is 42.3 Å². The second-order valence-corrected chi connectivity index (χ2v) is 11.0. The fourth-order valence-corrected chi connectivity index (χ4v) is 7.05. The summed E-state index contributed by atoms with van der Waals surface area (Å²) in [7, 11) is -2.93. The number of benzene rings is 3. The van der Waals surface area contributed by atoms with Crippen molar-refractivity contribution >= 4 is 21.7 Å². The molecular formula is C29H27N3O7S. The van der Waals surface area contributed by atoms with Crippen LogP contribution < -0.4 is 4.74 Å². The summed E-state index contributed by atoms with van der Waals surface area (Å²) in [5, 5.41) is 22.1. The normalized spacial score (nSPS) is 22.7. The van der Waals surface area contributed by atoms with Crippen molar-refractivity contribution in [3.63, 3.8) is 0 Å². The first kappa shape index (κ1) is 28.5. The summed E-state index contributed by atoms with van der Waals surface area (Å²) in [5.41, 5.74) is -3.10. The molecule has 0 N–H and O–H groups in total. The van der Waals surface area contributed by atoms with Crippen LogP contribution in [0.5, 0.6) is 5.75 Å². The third-order valence-corrected chi connectivity index (χ3v) is 9.13. The molecule has 1 heterocycles. The molecule has 0 bridgehead atoms. The lowest BCUT2D eigenvalue weighted by Gasteiger charge is -2.39. The number of hydrogen-bond acceptors (Lipinski definition) is 8. The Morgan fingerprint density at radius 1 is 1.15 bits per heavy atom. The SMILES string of the molecule is C=C[C@]1(c2ccc(OC)cc2)CN(S(=O)(=O)c2ccc([N+](=O)[O-])cc2)[C@@H](c2ccccc2)[C@]1(C#N)C(=O)OCC. The molecule has 0 spiro atoms. The Morgan fingerprint density at radius 3 is 2.27 bits per heavy atom. The van der Waals surface area contributed by atoms with Crippen molar-refractivity contribution in [2.24, 2.45) is 5.41 Å². The molecule has 40 heavy (non-hydrogen) atoms. The van der Waals surface area contributed by atoms with Gasteiger partial charge in [0.15, 0.2) is 5.41 Å². The number of sulfonamides is 1. The molecule has 11 heteroatoms. The van der Waals surface area contributed by atoms with Crippen LogP contribution in [0.1, 0.15) is 24.1 Å². The summed E-state index contributed by atoms with van der Waals surface area (Å²) in [4.78, 5) is 24.3. The van der Waals surface area contributed by atoms with E-state index in [0.717, 1.165) is 28.6 Å². The number of methoxy groups -OCH3 is 1. The second kappa shape index (κ2) is 10.9. The fraction of sp³-hybridized carbons (Fsp3) is 0.241. The van der Waals surface area contributed by atoms with Crippen LogP contribution in [0.3, 0.4) is 0 Å². The molecule has 1 fully saturated rings. The first-order chi connectivity index (χ1) is 19.1. The molecule has 0 saturated carbocycles. The minimum atomic E-state index is -4.43. The lowest BCUT2D eigenvalue weighted by molar-refractivity contribution is -0.384. The Hall–Kier alpha value is -4.53. The van der Waals surface area contributed by atoms with E-state index in [9.17, 15) is 28.6 Å². The smallest absolute Gasteiger partial charge is 0.329 e. The van der Waals surface area contributed by atoms with Gasteiger partial charge in [-0.1, -0.05) is 48.5 Å². The number of hydrogen-bond donors (Lipinski definition) is 0. The Balaban J connectivity index is 2.06. The number of rotatable bonds is 9. The monoisotopic (exact) mass is 561 g/mol. The quantitative estimate of drug-likeness (QED) is 0.160. The maximum atomic E-state index is 14.3. The zero-order chi connectivity index (χ0) is 29.1. The maximum Gasteiger partial charge on any atom is 0.329 e. The lowest BCUT2D eigenvalue weighted by Crippen LogP contribution is -2.50. The van der Waals surface area contributed by atoms with Gasteiger partial charge in [0.25, 0.3) is 5.69 Å². The highest BCUT2D eigenvalue weighted by Gasteiger charge is 2.71. The highest BCUT2D eigenvalue weighted by Crippen LogP contribution is 2.61. The predicted octanol–water partition coefficient (Wildman–Crippen LogP) is 4.55.